The van der Waals surface area contributed by atoms with E-state index in [4.69, 9.17) is 9.47 Å². The van der Waals surface area contributed by atoms with Crippen molar-refractivity contribution in [2.24, 2.45) is 0 Å². The number of carboxylic acid groups (broad SMARTS) is 1. The number of hydrogen-bond donors (Lipinski definition) is 4. The highest BCUT2D eigenvalue weighted by molar-refractivity contribution is 5.95. The maximum atomic E-state index is 12.9. The van der Waals surface area contributed by atoms with Gasteiger partial charge in [0.15, 0.2) is 0 Å². The van der Waals surface area contributed by atoms with Crippen molar-refractivity contribution >= 4 is 35.6 Å². The minimum atomic E-state index is -1.04. The van der Waals surface area contributed by atoms with Crippen molar-refractivity contribution in [3.8, 4) is 0 Å². The van der Waals surface area contributed by atoms with E-state index in [1.165, 1.54) is 6.07 Å². The first-order valence-electron chi connectivity index (χ1n) is 13.7. The summed E-state index contributed by atoms with van der Waals surface area (Å²) in [4.78, 5) is 46.5. The molecule has 42 heavy (non-hydrogen) atoms. The summed E-state index contributed by atoms with van der Waals surface area (Å²) in [7, 11) is 0. The summed E-state index contributed by atoms with van der Waals surface area (Å²) in [6.07, 6.45) is 1.69. The van der Waals surface area contributed by atoms with E-state index in [0.717, 1.165) is 5.56 Å². The summed E-state index contributed by atoms with van der Waals surface area (Å²) in [5.41, 5.74) is 0.842. The molecular weight excluding hydrogens is 540 g/mol. The van der Waals surface area contributed by atoms with E-state index in [0.29, 0.717) is 56.5 Å². The summed E-state index contributed by atoms with van der Waals surface area (Å²) in [6, 6.07) is 17.6. The Morgan fingerprint density at radius 3 is 2.33 bits per heavy atom. The van der Waals surface area contributed by atoms with Crippen LogP contribution in [0.4, 0.5) is 27.0 Å². The highest BCUT2D eigenvalue weighted by Gasteiger charge is 2.17. The summed E-state index contributed by atoms with van der Waals surface area (Å²) >= 11 is 0. The highest BCUT2D eigenvalue weighted by atomic mass is 16.6. The van der Waals surface area contributed by atoms with E-state index in [1.54, 1.807) is 56.1 Å². The Morgan fingerprint density at radius 2 is 1.62 bits per heavy atom. The van der Waals surface area contributed by atoms with Crippen molar-refractivity contribution in [2.75, 3.05) is 36.8 Å². The minimum Gasteiger partial charge on any atom is -0.478 e. The van der Waals surface area contributed by atoms with Crippen LogP contribution in [0.5, 0.6) is 0 Å². The standard InChI is InChI=1S/C30H38N6O6/c1-30(2,3)42-28(39)33-17-10-20-36(29(40)41-21-22-11-5-4-6-12-22)19-9-16-31-27-32-18-15-25(35-27)34-24-14-8-7-13-23(24)26(37)38/h4-8,11-15,18H,9-10,16-17,19-21H2,1-3H3,(H,33,39)(H,37,38)(H2,31,32,34,35). The largest absolute Gasteiger partial charge is 0.478 e. The average molecular weight is 579 g/mol. The molecule has 0 fully saturated rings. The number of amides is 2. The lowest BCUT2D eigenvalue weighted by Crippen LogP contribution is -2.37. The van der Waals surface area contributed by atoms with Gasteiger partial charge >= 0.3 is 18.2 Å². The molecule has 0 aliphatic rings. The molecule has 2 aromatic carbocycles. The number of nitrogens with one attached hydrogen (secondary N) is 3. The molecule has 2 amide bonds. The highest BCUT2D eigenvalue weighted by Crippen LogP contribution is 2.20. The molecule has 4 N–H and O–H groups in total. The van der Waals surface area contributed by atoms with Gasteiger partial charge in [0.25, 0.3) is 0 Å². The monoisotopic (exact) mass is 578 g/mol. The maximum absolute atomic E-state index is 12.9. The zero-order valence-electron chi connectivity index (χ0n) is 24.1. The van der Waals surface area contributed by atoms with Gasteiger partial charge in [0.05, 0.1) is 11.3 Å². The van der Waals surface area contributed by atoms with Crippen LogP contribution >= 0.6 is 0 Å². The van der Waals surface area contributed by atoms with Crippen molar-refractivity contribution in [1.29, 1.82) is 0 Å². The number of anilines is 3. The predicted octanol–water partition coefficient (Wildman–Crippen LogP) is 5.27. The van der Waals surface area contributed by atoms with Gasteiger partial charge in [0.1, 0.15) is 18.0 Å². The van der Waals surface area contributed by atoms with Crippen molar-refractivity contribution in [3.63, 3.8) is 0 Å². The third-order valence-electron chi connectivity index (χ3n) is 5.70. The molecule has 12 nitrogen and oxygen atoms in total. The van der Waals surface area contributed by atoms with Crippen LogP contribution in [0.2, 0.25) is 0 Å². The van der Waals surface area contributed by atoms with Crippen molar-refractivity contribution in [1.82, 2.24) is 20.2 Å². The molecule has 1 heterocycles. The van der Waals surface area contributed by atoms with E-state index in [2.05, 4.69) is 25.9 Å². The van der Waals surface area contributed by atoms with Gasteiger partial charge in [-0.1, -0.05) is 42.5 Å². The van der Waals surface area contributed by atoms with Gasteiger partial charge in [-0.25, -0.2) is 19.4 Å². The number of aromatic nitrogens is 2. The third kappa shape index (κ3) is 11.3. The molecule has 12 heteroatoms. The Labute approximate surface area is 245 Å². The molecule has 0 aliphatic carbocycles. The number of nitrogens with zero attached hydrogens (tertiary/aromatic N) is 3. The van der Waals surface area contributed by atoms with Crippen LogP contribution < -0.4 is 16.0 Å². The molecule has 0 radical (unpaired) electrons. The number of rotatable bonds is 14. The Hall–Kier alpha value is -4.87. The second-order valence-corrected chi connectivity index (χ2v) is 10.3. The van der Waals surface area contributed by atoms with Gasteiger partial charge < -0.3 is 35.4 Å². The number of alkyl carbamates (subject to hydrolysis) is 1. The van der Waals surface area contributed by atoms with Crippen LogP contribution in [0.25, 0.3) is 0 Å². The normalized spacial score (nSPS) is 10.8. The summed E-state index contributed by atoms with van der Waals surface area (Å²) in [6.45, 7) is 7.12. The molecule has 0 saturated heterocycles. The zero-order valence-corrected chi connectivity index (χ0v) is 24.1. The Morgan fingerprint density at radius 1 is 0.929 bits per heavy atom. The van der Waals surface area contributed by atoms with Crippen molar-refractivity contribution in [3.05, 3.63) is 78.0 Å². The molecular formula is C30H38N6O6. The molecule has 224 valence electrons. The van der Waals surface area contributed by atoms with E-state index in [1.807, 2.05) is 30.3 Å². The lowest BCUT2D eigenvalue weighted by Gasteiger charge is -2.23. The Balaban J connectivity index is 1.51. The summed E-state index contributed by atoms with van der Waals surface area (Å²) < 4.78 is 10.8. The third-order valence-corrected chi connectivity index (χ3v) is 5.70. The predicted molar refractivity (Wildman–Crippen MR) is 159 cm³/mol. The van der Waals surface area contributed by atoms with Gasteiger partial charge in [-0.15, -0.1) is 0 Å². The topological polar surface area (TPSA) is 155 Å². The molecule has 0 spiro atoms. The minimum absolute atomic E-state index is 0.131. The van der Waals surface area contributed by atoms with E-state index in [-0.39, 0.29) is 12.2 Å². The fourth-order valence-corrected chi connectivity index (χ4v) is 3.78. The quantitative estimate of drug-likeness (QED) is 0.186. The summed E-state index contributed by atoms with van der Waals surface area (Å²) in [5, 5.41) is 18.3. The zero-order chi connectivity index (χ0) is 30.4. The van der Waals surface area contributed by atoms with Crippen molar-refractivity contribution in [2.45, 2.75) is 45.8 Å². The van der Waals surface area contributed by atoms with Gasteiger partial charge in [0.2, 0.25) is 5.95 Å². The van der Waals surface area contributed by atoms with Crippen LogP contribution in [-0.2, 0) is 16.1 Å². The SMILES string of the molecule is CC(C)(C)OC(=O)NCCCN(CCCNc1nccc(Nc2ccccc2C(=O)O)n1)C(=O)OCc1ccccc1. The van der Waals surface area contributed by atoms with Gasteiger partial charge in [-0.2, -0.15) is 4.98 Å². The number of carbonyl (C=O) groups is 3. The number of carboxylic acids is 1. The Bertz CT molecular complexity index is 1310. The van der Waals surface area contributed by atoms with E-state index in [9.17, 15) is 19.5 Å². The number of carbonyl (C=O) groups excluding carboxylic acids is 2. The first kappa shape index (κ1) is 31.7. The molecule has 0 unspecified atom stereocenters. The van der Waals surface area contributed by atoms with Crippen LogP contribution in [0.15, 0.2) is 66.9 Å². The van der Waals surface area contributed by atoms with Crippen molar-refractivity contribution < 1.29 is 29.0 Å². The molecule has 0 aliphatic heterocycles. The first-order valence-corrected chi connectivity index (χ1v) is 13.7. The second-order valence-electron chi connectivity index (χ2n) is 10.3. The number of ether oxygens (including phenoxy) is 2. The second kappa shape index (κ2) is 15.8. The number of para-hydroxylation sites is 1. The van der Waals surface area contributed by atoms with E-state index < -0.39 is 23.8 Å². The maximum Gasteiger partial charge on any atom is 0.410 e. The molecule has 0 saturated carbocycles. The average Bonchev–Trinajstić information content (AvgIpc) is 2.95. The number of hydrogen-bond acceptors (Lipinski definition) is 9. The first-order chi connectivity index (χ1) is 20.1. The number of aromatic carboxylic acids is 1. The Kier molecular flexibility index (Phi) is 11.9. The lowest BCUT2D eigenvalue weighted by atomic mass is 10.2. The van der Waals surface area contributed by atoms with Crippen LogP contribution in [-0.4, -0.2) is 69.9 Å². The van der Waals surface area contributed by atoms with Crippen LogP contribution in [0.3, 0.4) is 0 Å². The van der Waals surface area contributed by atoms with E-state index >= 15 is 0 Å². The molecule has 3 aromatic rings. The van der Waals surface area contributed by atoms with Gasteiger partial charge in [-0.05, 0) is 57.4 Å². The molecule has 1 aromatic heterocycles. The van der Waals surface area contributed by atoms with Crippen LogP contribution in [0.1, 0.15) is 49.5 Å². The molecule has 0 bridgehead atoms. The fraction of sp³-hybridized carbons (Fsp3) is 0.367. The lowest BCUT2D eigenvalue weighted by molar-refractivity contribution is 0.0524. The fourth-order valence-electron chi connectivity index (χ4n) is 3.78. The molecule has 0 atom stereocenters. The van der Waals surface area contributed by atoms with Gasteiger partial charge in [-0.3, -0.25) is 0 Å². The van der Waals surface area contributed by atoms with Crippen LogP contribution in [0, 0.1) is 0 Å². The molecule has 3 rings (SSSR count). The smallest absolute Gasteiger partial charge is 0.410 e. The summed E-state index contributed by atoms with van der Waals surface area (Å²) in [5.74, 6) is -0.254. The number of benzene rings is 2. The van der Waals surface area contributed by atoms with Gasteiger partial charge in [0, 0.05) is 32.4 Å².